The molecule has 0 radical (unpaired) electrons. The molecule has 0 aliphatic heterocycles. The van der Waals surface area contributed by atoms with E-state index in [9.17, 15) is 0 Å². The zero-order chi connectivity index (χ0) is 12.4. The maximum absolute atomic E-state index is 5.95. The smallest absolute Gasteiger partial charge is 0.0705 e. The van der Waals surface area contributed by atoms with E-state index in [0.29, 0.717) is 6.54 Å². The summed E-state index contributed by atoms with van der Waals surface area (Å²) >= 11 is 0. The van der Waals surface area contributed by atoms with Gasteiger partial charge < -0.3 is 5.73 Å². The lowest BCUT2D eigenvalue weighted by Crippen LogP contribution is -2.42. The van der Waals surface area contributed by atoms with Crippen LogP contribution in [-0.2, 0) is 5.41 Å². The van der Waals surface area contributed by atoms with Crippen LogP contribution in [0.2, 0.25) is 0 Å². The summed E-state index contributed by atoms with van der Waals surface area (Å²) in [4.78, 5) is 4.83. The molecule has 1 aromatic heterocycles. The van der Waals surface area contributed by atoms with Gasteiger partial charge in [-0.15, -0.1) is 0 Å². The fourth-order valence-corrected chi connectivity index (χ4v) is 2.67. The van der Waals surface area contributed by atoms with Gasteiger partial charge in [-0.05, 0) is 25.0 Å². The molecule has 0 saturated heterocycles. The first-order valence-corrected chi connectivity index (χ1v) is 6.57. The quantitative estimate of drug-likeness (QED) is 0.892. The lowest BCUT2D eigenvalue weighted by molar-refractivity contribution is 0.246. The Morgan fingerprint density at radius 1 is 1.00 bits per heavy atom. The van der Waals surface area contributed by atoms with Crippen LogP contribution in [0.5, 0.6) is 0 Å². The minimum absolute atomic E-state index is 0.144. The molecule has 0 atom stereocenters. The van der Waals surface area contributed by atoms with Crippen molar-refractivity contribution >= 4 is 0 Å². The molecule has 2 aromatic rings. The van der Waals surface area contributed by atoms with E-state index < -0.39 is 0 Å². The van der Waals surface area contributed by atoms with Crippen LogP contribution in [0, 0.1) is 0 Å². The Morgan fingerprint density at radius 2 is 1.78 bits per heavy atom. The number of hydrogen-bond donors (Lipinski definition) is 1. The second kappa shape index (κ2) is 4.54. The Balaban J connectivity index is 1.99. The first kappa shape index (κ1) is 11.4. The van der Waals surface area contributed by atoms with Gasteiger partial charge in [0, 0.05) is 23.2 Å². The third kappa shape index (κ3) is 1.83. The molecule has 0 amide bonds. The number of aromatic nitrogens is 1. The van der Waals surface area contributed by atoms with E-state index >= 15 is 0 Å². The van der Waals surface area contributed by atoms with Crippen LogP contribution in [0.3, 0.4) is 0 Å². The van der Waals surface area contributed by atoms with Gasteiger partial charge in [-0.25, -0.2) is 0 Å². The van der Waals surface area contributed by atoms with Crippen molar-refractivity contribution in [2.75, 3.05) is 6.54 Å². The highest BCUT2D eigenvalue weighted by Gasteiger charge is 2.38. The number of pyridine rings is 1. The summed E-state index contributed by atoms with van der Waals surface area (Å²) in [6, 6.07) is 16.6. The van der Waals surface area contributed by atoms with Gasteiger partial charge in [-0.3, -0.25) is 4.98 Å². The maximum atomic E-state index is 5.95. The molecule has 1 aliphatic carbocycles. The second-order valence-electron chi connectivity index (χ2n) is 5.11. The normalized spacial score (nSPS) is 17.2. The fourth-order valence-electron chi connectivity index (χ4n) is 2.67. The molecule has 1 aromatic carbocycles. The molecule has 18 heavy (non-hydrogen) atoms. The van der Waals surface area contributed by atoms with Gasteiger partial charge >= 0.3 is 0 Å². The summed E-state index contributed by atoms with van der Waals surface area (Å²) < 4.78 is 0. The van der Waals surface area contributed by atoms with E-state index in [4.69, 9.17) is 10.7 Å². The molecule has 92 valence electrons. The third-order valence-corrected chi connectivity index (χ3v) is 4.06. The topological polar surface area (TPSA) is 38.9 Å². The Morgan fingerprint density at radius 3 is 2.39 bits per heavy atom. The SMILES string of the molecule is NCC1(c2cccc(-c3ccccc3)n2)CCC1. The molecule has 0 unspecified atom stereocenters. The summed E-state index contributed by atoms with van der Waals surface area (Å²) in [7, 11) is 0. The van der Waals surface area contributed by atoms with Crippen molar-refractivity contribution in [3.8, 4) is 11.3 Å². The monoisotopic (exact) mass is 238 g/mol. The second-order valence-corrected chi connectivity index (χ2v) is 5.11. The molecular weight excluding hydrogens is 220 g/mol. The molecule has 2 nitrogen and oxygen atoms in total. The van der Waals surface area contributed by atoms with E-state index in [1.54, 1.807) is 0 Å². The number of hydrogen-bond acceptors (Lipinski definition) is 2. The van der Waals surface area contributed by atoms with Gasteiger partial charge in [-0.2, -0.15) is 0 Å². The molecule has 1 fully saturated rings. The lowest BCUT2D eigenvalue weighted by Gasteiger charge is -2.40. The van der Waals surface area contributed by atoms with E-state index in [1.165, 1.54) is 24.8 Å². The van der Waals surface area contributed by atoms with Crippen LogP contribution >= 0.6 is 0 Å². The van der Waals surface area contributed by atoms with Crippen molar-refractivity contribution in [2.45, 2.75) is 24.7 Å². The molecule has 0 spiro atoms. The van der Waals surface area contributed by atoms with Gasteiger partial charge in [0.25, 0.3) is 0 Å². The molecule has 1 heterocycles. The lowest BCUT2D eigenvalue weighted by atomic mass is 9.66. The van der Waals surface area contributed by atoms with Crippen molar-refractivity contribution < 1.29 is 0 Å². The maximum Gasteiger partial charge on any atom is 0.0705 e. The first-order chi connectivity index (χ1) is 8.84. The molecule has 1 saturated carbocycles. The highest BCUT2D eigenvalue weighted by Crippen LogP contribution is 2.42. The number of rotatable bonds is 3. The van der Waals surface area contributed by atoms with E-state index in [2.05, 4.69) is 30.3 Å². The minimum Gasteiger partial charge on any atom is -0.330 e. The first-order valence-electron chi connectivity index (χ1n) is 6.57. The predicted octanol–water partition coefficient (Wildman–Crippen LogP) is 3.13. The van der Waals surface area contributed by atoms with Crippen molar-refractivity contribution in [2.24, 2.45) is 5.73 Å². The summed E-state index contributed by atoms with van der Waals surface area (Å²) in [5.41, 5.74) is 9.48. The van der Waals surface area contributed by atoms with Crippen LogP contribution in [0.1, 0.15) is 25.0 Å². The van der Waals surface area contributed by atoms with Crippen molar-refractivity contribution in [1.82, 2.24) is 4.98 Å². The molecule has 1 aliphatic rings. The van der Waals surface area contributed by atoms with Gasteiger partial charge in [0.15, 0.2) is 0 Å². The highest BCUT2D eigenvalue weighted by atomic mass is 14.8. The Hall–Kier alpha value is -1.67. The zero-order valence-electron chi connectivity index (χ0n) is 10.5. The summed E-state index contributed by atoms with van der Waals surface area (Å²) in [6.45, 7) is 0.707. The number of benzene rings is 1. The van der Waals surface area contributed by atoms with Crippen LogP contribution in [0.4, 0.5) is 0 Å². The fraction of sp³-hybridized carbons (Fsp3) is 0.312. The van der Waals surface area contributed by atoms with Crippen LogP contribution < -0.4 is 5.73 Å². The van der Waals surface area contributed by atoms with Gasteiger partial charge in [-0.1, -0.05) is 42.8 Å². The van der Waals surface area contributed by atoms with Gasteiger partial charge in [0.2, 0.25) is 0 Å². The molecule has 2 heteroatoms. The average molecular weight is 238 g/mol. The van der Waals surface area contributed by atoms with E-state index in [-0.39, 0.29) is 5.41 Å². The van der Waals surface area contributed by atoms with Gasteiger partial charge in [0.05, 0.1) is 5.69 Å². The van der Waals surface area contributed by atoms with Gasteiger partial charge in [0.1, 0.15) is 0 Å². The van der Waals surface area contributed by atoms with E-state index in [1.807, 2.05) is 18.2 Å². The zero-order valence-corrected chi connectivity index (χ0v) is 10.5. The van der Waals surface area contributed by atoms with Crippen LogP contribution in [0.25, 0.3) is 11.3 Å². The van der Waals surface area contributed by atoms with E-state index in [0.717, 1.165) is 11.4 Å². The largest absolute Gasteiger partial charge is 0.330 e. The van der Waals surface area contributed by atoms with Crippen molar-refractivity contribution in [3.63, 3.8) is 0 Å². The summed E-state index contributed by atoms with van der Waals surface area (Å²) in [5, 5.41) is 0. The number of nitrogens with zero attached hydrogens (tertiary/aromatic N) is 1. The minimum atomic E-state index is 0.144. The molecule has 0 bridgehead atoms. The van der Waals surface area contributed by atoms with Crippen LogP contribution in [0.15, 0.2) is 48.5 Å². The Labute approximate surface area is 108 Å². The molecule has 3 rings (SSSR count). The summed E-state index contributed by atoms with van der Waals surface area (Å²) in [5.74, 6) is 0. The highest BCUT2D eigenvalue weighted by molar-refractivity contribution is 5.59. The number of nitrogens with two attached hydrogens (primary N) is 1. The molecule has 2 N–H and O–H groups in total. The van der Waals surface area contributed by atoms with Crippen molar-refractivity contribution in [3.05, 3.63) is 54.2 Å². The van der Waals surface area contributed by atoms with Crippen LogP contribution in [-0.4, -0.2) is 11.5 Å². The average Bonchev–Trinajstić information content (AvgIpc) is 2.40. The third-order valence-electron chi connectivity index (χ3n) is 4.06. The van der Waals surface area contributed by atoms with Crippen molar-refractivity contribution in [1.29, 1.82) is 0 Å². The Bertz CT molecular complexity index is 524. The summed E-state index contributed by atoms with van der Waals surface area (Å²) in [6.07, 6.45) is 3.62. The Kier molecular flexibility index (Phi) is 2.88. The predicted molar refractivity (Wildman–Crippen MR) is 74.3 cm³/mol. The molecular formula is C16H18N2. The standard InChI is InChI=1S/C16H18N2/c17-12-16(10-5-11-16)15-9-4-8-14(18-15)13-6-2-1-3-7-13/h1-4,6-9H,5,10-12,17H2.